The van der Waals surface area contributed by atoms with Crippen LogP contribution in [0.4, 0.5) is 11.4 Å². The van der Waals surface area contributed by atoms with Crippen molar-refractivity contribution in [1.29, 1.82) is 0 Å². The summed E-state index contributed by atoms with van der Waals surface area (Å²) in [6.45, 7) is 5.24. The molecule has 192 valence electrons. The Morgan fingerprint density at radius 2 is 1.76 bits per heavy atom. The first-order chi connectivity index (χ1) is 17.6. The number of carbonyl (C=O) groups excluding carboxylic acids is 1. The van der Waals surface area contributed by atoms with Crippen molar-refractivity contribution in [2.45, 2.75) is 44.0 Å². The van der Waals surface area contributed by atoms with Gasteiger partial charge in [-0.1, -0.05) is 24.3 Å². The van der Waals surface area contributed by atoms with Crippen LogP contribution in [0.5, 0.6) is 11.5 Å². The van der Waals surface area contributed by atoms with Crippen LogP contribution in [0.2, 0.25) is 0 Å². The molecule has 2 aliphatic rings. The van der Waals surface area contributed by atoms with Crippen molar-refractivity contribution in [2.75, 3.05) is 17.1 Å². The van der Waals surface area contributed by atoms with Crippen LogP contribution in [0, 0.1) is 19.8 Å². The van der Waals surface area contributed by atoms with E-state index in [0.717, 1.165) is 34.4 Å². The molecule has 0 aromatic heterocycles. The summed E-state index contributed by atoms with van der Waals surface area (Å²) in [5.74, 6) is 0.719. The fraction of sp³-hybridized carbons (Fsp3) is 0.276. The lowest BCUT2D eigenvalue weighted by Gasteiger charge is -2.38. The number of fused-ring (bicyclic) bond motifs is 3. The first kappa shape index (κ1) is 24.9. The molecule has 0 radical (unpaired) electrons. The minimum absolute atomic E-state index is 0.0244. The Morgan fingerprint density at radius 1 is 1.00 bits per heavy atom. The zero-order valence-electron chi connectivity index (χ0n) is 21.2. The largest absolute Gasteiger partial charge is 0.493 e. The molecule has 7 nitrogen and oxygen atoms in total. The van der Waals surface area contributed by atoms with Crippen LogP contribution in [0.1, 0.15) is 47.6 Å². The third-order valence-corrected chi connectivity index (χ3v) is 8.30. The van der Waals surface area contributed by atoms with Crippen molar-refractivity contribution in [3.8, 4) is 11.5 Å². The van der Waals surface area contributed by atoms with Gasteiger partial charge in [0, 0.05) is 24.2 Å². The Balaban J connectivity index is 1.46. The predicted octanol–water partition coefficient (Wildman–Crippen LogP) is 5.86. The Bertz CT molecular complexity index is 1490. The molecule has 1 aliphatic carbocycles. The smallest absolute Gasteiger partial charge is 0.308 e. The molecule has 3 aromatic carbocycles. The molecule has 5 rings (SSSR count). The van der Waals surface area contributed by atoms with Crippen LogP contribution in [0.15, 0.2) is 71.6 Å². The van der Waals surface area contributed by atoms with Gasteiger partial charge in [0.1, 0.15) is 0 Å². The van der Waals surface area contributed by atoms with E-state index >= 15 is 0 Å². The van der Waals surface area contributed by atoms with Crippen molar-refractivity contribution in [3.63, 3.8) is 0 Å². The highest BCUT2D eigenvalue weighted by Gasteiger charge is 2.38. The van der Waals surface area contributed by atoms with Crippen LogP contribution in [-0.4, -0.2) is 21.5 Å². The molecule has 3 atom stereocenters. The fourth-order valence-electron chi connectivity index (χ4n) is 5.43. The van der Waals surface area contributed by atoms with Crippen LogP contribution in [-0.2, 0) is 14.8 Å². The predicted molar refractivity (Wildman–Crippen MR) is 144 cm³/mol. The standard InChI is InChI=1S/C29H30N2O5S/c1-17-12-18(2)14-21(13-17)31-37(33,34)22-9-10-26-25(16-22)23-6-5-7-24(23)29(30-26)20-8-11-27(36-19(3)32)28(15-20)35-4/h5-6,8-16,23-24,29-31H,7H2,1-4H3. The molecule has 0 amide bonds. The molecule has 37 heavy (non-hydrogen) atoms. The van der Waals surface area contributed by atoms with Crippen LogP contribution >= 0.6 is 0 Å². The highest BCUT2D eigenvalue weighted by molar-refractivity contribution is 7.92. The lowest BCUT2D eigenvalue weighted by molar-refractivity contribution is -0.132. The molecule has 0 bridgehead atoms. The molecule has 2 N–H and O–H groups in total. The number of hydrogen-bond donors (Lipinski definition) is 2. The van der Waals surface area contributed by atoms with Crippen molar-refractivity contribution in [2.24, 2.45) is 5.92 Å². The number of esters is 1. The monoisotopic (exact) mass is 518 g/mol. The fourth-order valence-corrected chi connectivity index (χ4v) is 6.51. The van der Waals surface area contributed by atoms with E-state index in [4.69, 9.17) is 9.47 Å². The number of sulfonamides is 1. The molecular weight excluding hydrogens is 488 g/mol. The summed E-state index contributed by atoms with van der Waals surface area (Å²) in [5, 5.41) is 3.62. The van der Waals surface area contributed by atoms with E-state index in [2.05, 4.69) is 22.2 Å². The van der Waals surface area contributed by atoms with Gasteiger partial charge in [0.15, 0.2) is 11.5 Å². The number of aryl methyl sites for hydroxylation is 2. The van der Waals surface area contributed by atoms with Crippen molar-refractivity contribution in [3.05, 3.63) is 89.0 Å². The van der Waals surface area contributed by atoms with Gasteiger partial charge in [-0.05, 0) is 90.9 Å². The SMILES string of the molecule is COc1cc(C2Nc3ccc(S(=O)(=O)Nc4cc(C)cc(C)c4)cc3C3C=CCC32)ccc1OC(C)=O. The average molecular weight is 519 g/mol. The van der Waals surface area contributed by atoms with Gasteiger partial charge in [0.2, 0.25) is 0 Å². The summed E-state index contributed by atoms with van der Waals surface area (Å²) >= 11 is 0. The second kappa shape index (κ2) is 9.59. The normalized spacial score (nSPS) is 19.9. The Labute approximate surface area is 217 Å². The number of anilines is 2. The number of rotatable bonds is 6. The molecule has 1 heterocycles. The van der Waals surface area contributed by atoms with E-state index in [-0.39, 0.29) is 22.8 Å². The molecule has 0 saturated heterocycles. The van der Waals surface area contributed by atoms with Crippen molar-refractivity contribution in [1.82, 2.24) is 0 Å². The first-order valence-corrected chi connectivity index (χ1v) is 13.7. The number of benzene rings is 3. The molecular formula is C29H30N2O5S. The van der Waals surface area contributed by atoms with Gasteiger partial charge in [0.05, 0.1) is 18.0 Å². The minimum Gasteiger partial charge on any atom is -0.493 e. The van der Waals surface area contributed by atoms with Crippen LogP contribution < -0.4 is 19.5 Å². The van der Waals surface area contributed by atoms with E-state index in [9.17, 15) is 13.2 Å². The maximum Gasteiger partial charge on any atom is 0.308 e. The maximum absolute atomic E-state index is 13.3. The zero-order chi connectivity index (χ0) is 26.3. The first-order valence-electron chi connectivity index (χ1n) is 12.2. The number of hydrogen-bond acceptors (Lipinski definition) is 6. The molecule has 0 fully saturated rings. The summed E-state index contributed by atoms with van der Waals surface area (Å²) in [6.07, 6.45) is 5.17. The van der Waals surface area contributed by atoms with Gasteiger partial charge in [-0.2, -0.15) is 0 Å². The lowest BCUT2D eigenvalue weighted by Crippen LogP contribution is -2.29. The summed E-state index contributed by atoms with van der Waals surface area (Å²) in [7, 11) is -2.21. The zero-order valence-corrected chi connectivity index (χ0v) is 22.1. The average Bonchev–Trinajstić information content (AvgIpc) is 3.32. The second-order valence-corrected chi connectivity index (χ2v) is 11.4. The second-order valence-electron chi connectivity index (χ2n) is 9.71. The van der Waals surface area contributed by atoms with Crippen LogP contribution in [0.25, 0.3) is 0 Å². The van der Waals surface area contributed by atoms with Gasteiger partial charge in [-0.15, -0.1) is 0 Å². The van der Waals surface area contributed by atoms with Crippen LogP contribution in [0.3, 0.4) is 0 Å². The van der Waals surface area contributed by atoms with Crippen molar-refractivity contribution >= 4 is 27.4 Å². The third kappa shape index (κ3) is 4.93. The van der Waals surface area contributed by atoms with E-state index in [1.807, 2.05) is 50.2 Å². The number of allylic oxidation sites excluding steroid dienone is 2. The molecule has 3 aromatic rings. The summed E-state index contributed by atoms with van der Waals surface area (Å²) in [4.78, 5) is 11.7. The van der Waals surface area contributed by atoms with E-state index in [1.165, 1.54) is 6.92 Å². The topological polar surface area (TPSA) is 93.7 Å². The number of carbonyl (C=O) groups is 1. The van der Waals surface area contributed by atoms with E-state index in [1.54, 1.807) is 25.3 Å². The van der Waals surface area contributed by atoms with E-state index < -0.39 is 16.0 Å². The molecule has 0 saturated carbocycles. The number of ether oxygens (including phenoxy) is 2. The Kier molecular flexibility index (Phi) is 6.45. The Hall–Kier alpha value is -3.78. The number of methoxy groups -OCH3 is 1. The summed E-state index contributed by atoms with van der Waals surface area (Å²) < 4.78 is 40.0. The van der Waals surface area contributed by atoms with Crippen molar-refractivity contribution < 1.29 is 22.7 Å². The highest BCUT2D eigenvalue weighted by atomic mass is 32.2. The molecule has 0 spiro atoms. The Morgan fingerprint density at radius 3 is 2.46 bits per heavy atom. The molecule has 8 heteroatoms. The summed E-state index contributed by atoms with van der Waals surface area (Å²) in [6, 6.07) is 16.5. The van der Waals surface area contributed by atoms with Gasteiger partial charge < -0.3 is 14.8 Å². The maximum atomic E-state index is 13.3. The van der Waals surface area contributed by atoms with Gasteiger partial charge >= 0.3 is 5.97 Å². The molecule has 1 aliphatic heterocycles. The lowest BCUT2D eigenvalue weighted by atomic mass is 9.77. The molecule has 3 unspecified atom stereocenters. The summed E-state index contributed by atoms with van der Waals surface area (Å²) in [5.41, 5.74) is 5.40. The van der Waals surface area contributed by atoms with Gasteiger partial charge in [0.25, 0.3) is 10.0 Å². The quantitative estimate of drug-likeness (QED) is 0.241. The van der Waals surface area contributed by atoms with E-state index in [0.29, 0.717) is 17.2 Å². The number of nitrogens with one attached hydrogen (secondary N) is 2. The third-order valence-electron chi connectivity index (χ3n) is 6.92. The van der Waals surface area contributed by atoms with Gasteiger partial charge in [-0.3, -0.25) is 9.52 Å². The van der Waals surface area contributed by atoms with Gasteiger partial charge in [-0.25, -0.2) is 8.42 Å². The highest BCUT2D eigenvalue weighted by Crippen LogP contribution is 2.51. The minimum atomic E-state index is -3.76.